The summed E-state index contributed by atoms with van der Waals surface area (Å²) in [5.74, 6) is 0.534. The largest absolute Gasteiger partial charge is 0.489 e. The van der Waals surface area contributed by atoms with E-state index in [4.69, 9.17) is 16.3 Å². The Morgan fingerprint density at radius 3 is 2.73 bits per heavy atom. The molecule has 11 heavy (non-hydrogen) atoms. The third-order valence-electron chi connectivity index (χ3n) is 1.17. The van der Waals surface area contributed by atoms with Gasteiger partial charge in [0.05, 0.1) is 5.02 Å². The number of hydrogen-bond acceptors (Lipinski definition) is 1. The molecule has 60 valence electrons. The molecular formula is C8H8ClFO. The van der Waals surface area contributed by atoms with Crippen molar-refractivity contribution in [1.29, 1.82) is 0 Å². The van der Waals surface area contributed by atoms with E-state index < -0.39 is 6.67 Å². The van der Waals surface area contributed by atoms with Crippen LogP contribution in [0.5, 0.6) is 5.75 Å². The standard InChI is InChI=1S/C8H8ClFO/c9-7-3-1-2-4-8(7)11-6-5-10/h1-4H,5-6H2. The summed E-state index contributed by atoms with van der Waals surface area (Å²) >= 11 is 5.71. The molecule has 0 aliphatic heterocycles. The normalized spacial score (nSPS) is 9.64. The topological polar surface area (TPSA) is 9.23 Å². The average molecular weight is 175 g/mol. The maximum absolute atomic E-state index is 11.6. The summed E-state index contributed by atoms with van der Waals surface area (Å²) in [4.78, 5) is 0. The molecule has 1 aromatic rings. The van der Waals surface area contributed by atoms with E-state index in [2.05, 4.69) is 0 Å². The molecule has 1 nitrogen and oxygen atoms in total. The SMILES string of the molecule is FCCOc1ccccc1Cl. The average Bonchev–Trinajstić information content (AvgIpc) is 2.03. The molecule has 0 atom stereocenters. The number of halogens is 2. The molecule has 0 N–H and O–H groups in total. The van der Waals surface area contributed by atoms with Crippen molar-refractivity contribution in [2.45, 2.75) is 0 Å². The van der Waals surface area contributed by atoms with Crippen molar-refractivity contribution in [3.05, 3.63) is 29.3 Å². The second-order valence-electron chi connectivity index (χ2n) is 1.97. The van der Waals surface area contributed by atoms with E-state index in [1.54, 1.807) is 24.3 Å². The lowest BCUT2D eigenvalue weighted by atomic mass is 10.3. The molecule has 0 aromatic heterocycles. The first-order valence-corrected chi connectivity index (χ1v) is 3.65. The Kier molecular flexibility index (Phi) is 3.17. The molecule has 0 radical (unpaired) electrons. The van der Waals surface area contributed by atoms with Crippen LogP contribution in [-0.2, 0) is 0 Å². The Morgan fingerprint density at radius 2 is 2.09 bits per heavy atom. The predicted molar refractivity (Wildman–Crippen MR) is 42.9 cm³/mol. The van der Waals surface area contributed by atoms with E-state index in [9.17, 15) is 4.39 Å². The van der Waals surface area contributed by atoms with E-state index in [1.807, 2.05) is 0 Å². The number of hydrogen-bond donors (Lipinski definition) is 0. The maximum atomic E-state index is 11.6. The van der Waals surface area contributed by atoms with Crippen LogP contribution in [0.4, 0.5) is 4.39 Å². The maximum Gasteiger partial charge on any atom is 0.138 e. The first-order chi connectivity index (χ1) is 5.34. The Bertz CT molecular complexity index is 227. The molecule has 1 rings (SSSR count). The number of alkyl halides is 1. The number of para-hydroxylation sites is 1. The molecule has 0 amide bonds. The van der Waals surface area contributed by atoms with Gasteiger partial charge in [0.2, 0.25) is 0 Å². The molecule has 0 heterocycles. The van der Waals surface area contributed by atoms with E-state index >= 15 is 0 Å². The van der Waals surface area contributed by atoms with Gasteiger partial charge in [0.15, 0.2) is 0 Å². The molecule has 0 aliphatic rings. The van der Waals surface area contributed by atoms with Crippen LogP contribution in [0.15, 0.2) is 24.3 Å². The highest BCUT2D eigenvalue weighted by Crippen LogP contribution is 2.22. The quantitative estimate of drug-likeness (QED) is 0.685. The highest BCUT2D eigenvalue weighted by Gasteiger charge is 1.97. The molecule has 1 aromatic carbocycles. The van der Waals surface area contributed by atoms with E-state index in [-0.39, 0.29) is 6.61 Å². The van der Waals surface area contributed by atoms with Crippen LogP contribution >= 0.6 is 11.6 Å². The van der Waals surface area contributed by atoms with Gasteiger partial charge in [-0.15, -0.1) is 0 Å². The fourth-order valence-corrected chi connectivity index (χ4v) is 0.901. The van der Waals surface area contributed by atoms with Crippen molar-refractivity contribution in [2.24, 2.45) is 0 Å². The zero-order valence-electron chi connectivity index (χ0n) is 5.89. The molecule has 0 unspecified atom stereocenters. The van der Waals surface area contributed by atoms with Gasteiger partial charge in [-0.1, -0.05) is 23.7 Å². The van der Waals surface area contributed by atoms with Crippen LogP contribution < -0.4 is 4.74 Å². The monoisotopic (exact) mass is 174 g/mol. The van der Waals surface area contributed by atoms with Gasteiger partial charge >= 0.3 is 0 Å². The lowest BCUT2D eigenvalue weighted by Crippen LogP contribution is -1.98. The second kappa shape index (κ2) is 4.19. The molecular weight excluding hydrogens is 167 g/mol. The second-order valence-corrected chi connectivity index (χ2v) is 2.38. The summed E-state index contributed by atoms with van der Waals surface area (Å²) in [5, 5.41) is 0.515. The highest BCUT2D eigenvalue weighted by molar-refractivity contribution is 6.32. The summed E-state index contributed by atoms with van der Waals surface area (Å²) in [6, 6.07) is 7.00. The Hall–Kier alpha value is -0.760. The zero-order valence-corrected chi connectivity index (χ0v) is 6.64. The van der Waals surface area contributed by atoms with Crippen molar-refractivity contribution < 1.29 is 9.13 Å². The smallest absolute Gasteiger partial charge is 0.138 e. The Labute approximate surface area is 69.7 Å². The third-order valence-corrected chi connectivity index (χ3v) is 1.48. The Morgan fingerprint density at radius 1 is 1.36 bits per heavy atom. The van der Waals surface area contributed by atoms with Gasteiger partial charge in [0.25, 0.3) is 0 Å². The molecule has 0 saturated carbocycles. The van der Waals surface area contributed by atoms with E-state index in [0.29, 0.717) is 10.8 Å². The van der Waals surface area contributed by atoms with Crippen LogP contribution in [0.2, 0.25) is 5.02 Å². The minimum atomic E-state index is -0.495. The van der Waals surface area contributed by atoms with E-state index in [1.165, 1.54) is 0 Å². The van der Waals surface area contributed by atoms with Crippen molar-refractivity contribution in [3.8, 4) is 5.75 Å². The van der Waals surface area contributed by atoms with Crippen LogP contribution in [0.25, 0.3) is 0 Å². The van der Waals surface area contributed by atoms with Crippen LogP contribution in [-0.4, -0.2) is 13.3 Å². The first kappa shape index (κ1) is 8.34. The molecule has 0 bridgehead atoms. The van der Waals surface area contributed by atoms with Gasteiger partial charge in [0, 0.05) is 0 Å². The zero-order chi connectivity index (χ0) is 8.10. The minimum Gasteiger partial charge on any atom is -0.489 e. The fraction of sp³-hybridized carbons (Fsp3) is 0.250. The van der Waals surface area contributed by atoms with Crippen molar-refractivity contribution in [1.82, 2.24) is 0 Å². The third kappa shape index (κ3) is 2.39. The number of ether oxygens (including phenoxy) is 1. The van der Waals surface area contributed by atoms with Gasteiger partial charge in [-0.3, -0.25) is 0 Å². The van der Waals surface area contributed by atoms with Gasteiger partial charge in [-0.2, -0.15) is 0 Å². The molecule has 0 fully saturated rings. The Balaban J connectivity index is 2.62. The van der Waals surface area contributed by atoms with Crippen molar-refractivity contribution >= 4 is 11.6 Å². The summed E-state index contributed by atoms with van der Waals surface area (Å²) in [7, 11) is 0. The molecule has 0 spiro atoms. The van der Waals surface area contributed by atoms with Gasteiger partial charge < -0.3 is 4.74 Å². The number of benzene rings is 1. The van der Waals surface area contributed by atoms with E-state index in [0.717, 1.165) is 0 Å². The summed E-state index contributed by atoms with van der Waals surface area (Å²) in [5.41, 5.74) is 0. The highest BCUT2D eigenvalue weighted by atomic mass is 35.5. The van der Waals surface area contributed by atoms with Gasteiger partial charge in [-0.05, 0) is 12.1 Å². The summed E-state index contributed by atoms with van der Waals surface area (Å²) in [6.45, 7) is -0.436. The number of rotatable bonds is 3. The minimum absolute atomic E-state index is 0.0593. The first-order valence-electron chi connectivity index (χ1n) is 3.28. The molecule has 3 heteroatoms. The van der Waals surface area contributed by atoms with Crippen molar-refractivity contribution in [2.75, 3.05) is 13.3 Å². The fourth-order valence-electron chi connectivity index (χ4n) is 0.710. The van der Waals surface area contributed by atoms with Gasteiger partial charge in [0.1, 0.15) is 19.0 Å². The summed E-state index contributed by atoms with van der Waals surface area (Å²) < 4.78 is 16.6. The summed E-state index contributed by atoms with van der Waals surface area (Å²) in [6.07, 6.45) is 0. The predicted octanol–water partition coefficient (Wildman–Crippen LogP) is 2.69. The van der Waals surface area contributed by atoms with Crippen LogP contribution in [0.3, 0.4) is 0 Å². The van der Waals surface area contributed by atoms with Gasteiger partial charge in [-0.25, -0.2) is 4.39 Å². The lowest BCUT2D eigenvalue weighted by molar-refractivity contribution is 0.273. The van der Waals surface area contributed by atoms with Crippen LogP contribution in [0, 0.1) is 0 Å². The van der Waals surface area contributed by atoms with Crippen molar-refractivity contribution in [3.63, 3.8) is 0 Å². The lowest BCUT2D eigenvalue weighted by Gasteiger charge is -2.03. The molecule has 0 saturated heterocycles. The molecule has 0 aliphatic carbocycles. The van der Waals surface area contributed by atoms with Crippen LogP contribution in [0.1, 0.15) is 0 Å².